The third-order valence-electron chi connectivity index (χ3n) is 7.31. The second kappa shape index (κ2) is 7.62. The summed E-state index contributed by atoms with van der Waals surface area (Å²) in [6.45, 7) is 11.8. The van der Waals surface area contributed by atoms with Crippen molar-refractivity contribution >= 4 is 23.6 Å². The van der Waals surface area contributed by atoms with Gasteiger partial charge in [-0.05, 0) is 22.7 Å². The molecule has 32 heavy (non-hydrogen) atoms. The second-order valence-electron chi connectivity index (χ2n) is 10.9. The Labute approximate surface area is 185 Å². The average molecular weight is 463 g/mol. The molecule has 0 aromatic heterocycles. The third-order valence-corrected chi connectivity index (χ3v) is 7.31. The molecule has 2 fully saturated rings. The van der Waals surface area contributed by atoms with E-state index >= 15 is 0 Å². The largest absolute Gasteiger partial charge is 0.471 e. The highest BCUT2D eigenvalue weighted by Crippen LogP contribution is 2.78. The van der Waals surface area contributed by atoms with Gasteiger partial charge in [0.2, 0.25) is 17.7 Å². The van der Waals surface area contributed by atoms with Crippen molar-refractivity contribution in [3.05, 3.63) is 0 Å². The van der Waals surface area contributed by atoms with Crippen molar-refractivity contribution in [1.29, 1.82) is 0 Å². The summed E-state index contributed by atoms with van der Waals surface area (Å²) in [5, 5.41) is 1.77. The molecule has 2 rings (SSSR count). The predicted octanol–water partition coefficient (Wildman–Crippen LogP) is 1.18. The van der Waals surface area contributed by atoms with Crippen LogP contribution in [-0.2, 0) is 19.2 Å². The van der Waals surface area contributed by atoms with Gasteiger partial charge in [-0.2, -0.15) is 13.2 Å². The quantitative estimate of drug-likeness (QED) is 0.546. The van der Waals surface area contributed by atoms with Crippen LogP contribution in [0.2, 0.25) is 0 Å². The summed E-state index contributed by atoms with van der Waals surface area (Å²) < 4.78 is 38.7. The van der Waals surface area contributed by atoms with Crippen molar-refractivity contribution < 1.29 is 32.3 Å². The Balaban J connectivity index is 2.54. The van der Waals surface area contributed by atoms with Gasteiger partial charge in [-0.1, -0.05) is 48.5 Å². The summed E-state index contributed by atoms with van der Waals surface area (Å²) in [5.74, 6) is -5.96. The first-order valence-electron chi connectivity index (χ1n) is 10.5. The molecule has 0 bridgehead atoms. The Hall–Kier alpha value is -2.33. The average Bonchev–Trinajstić information content (AvgIpc) is 2.88. The molecule has 1 heterocycles. The zero-order chi connectivity index (χ0) is 25.2. The summed E-state index contributed by atoms with van der Waals surface area (Å²) in [4.78, 5) is 51.3. The van der Waals surface area contributed by atoms with Crippen LogP contribution in [0.15, 0.2) is 0 Å². The lowest BCUT2D eigenvalue weighted by Crippen LogP contribution is -2.62. The van der Waals surface area contributed by atoms with E-state index in [1.165, 1.54) is 20.8 Å². The number of amides is 4. The van der Waals surface area contributed by atoms with Gasteiger partial charge in [0.25, 0.3) is 0 Å². The van der Waals surface area contributed by atoms with Gasteiger partial charge in [0.1, 0.15) is 12.1 Å². The van der Waals surface area contributed by atoms with Crippen molar-refractivity contribution in [2.45, 2.75) is 66.7 Å². The van der Waals surface area contributed by atoms with Gasteiger partial charge >= 0.3 is 12.1 Å². The number of nitrogens with two attached hydrogens (primary N) is 2. The van der Waals surface area contributed by atoms with Crippen molar-refractivity contribution in [2.24, 2.45) is 45.5 Å². The van der Waals surface area contributed by atoms with Crippen LogP contribution < -0.4 is 16.8 Å². The summed E-state index contributed by atoms with van der Waals surface area (Å²) >= 11 is 0. The third kappa shape index (κ3) is 3.73. The molecule has 1 saturated carbocycles. The topological polar surface area (TPSA) is 136 Å². The van der Waals surface area contributed by atoms with E-state index in [4.69, 9.17) is 11.5 Å². The number of alkyl halides is 3. The first-order chi connectivity index (χ1) is 14.2. The van der Waals surface area contributed by atoms with E-state index in [1.807, 2.05) is 13.8 Å². The van der Waals surface area contributed by atoms with Crippen LogP contribution in [0.1, 0.15) is 48.5 Å². The Morgan fingerprint density at radius 2 is 1.56 bits per heavy atom. The number of halogens is 3. The van der Waals surface area contributed by atoms with Crippen molar-refractivity contribution in [3.8, 4) is 0 Å². The van der Waals surface area contributed by atoms with E-state index in [0.29, 0.717) is 0 Å². The zero-order valence-electron chi connectivity index (χ0n) is 19.5. The second-order valence-corrected chi connectivity index (χ2v) is 10.9. The Morgan fingerprint density at radius 1 is 1.06 bits per heavy atom. The SMILES string of the molecule is CC(C)[C@H](C(N)=O)C12C(C(N)=O)N(C(=O)[C@@H](NC(=O)C(F)(F)F)C(C)(C)C)CC1C2(C)C. The Kier molecular flexibility index (Phi) is 6.17. The summed E-state index contributed by atoms with van der Waals surface area (Å²) in [6, 6.07) is -2.82. The molecule has 3 unspecified atom stereocenters. The molecular weight excluding hydrogens is 429 g/mol. The van der Waals surface area contributed by atoms with Crippen LogP contribution in [0.5, 0.6) is 0 Å². The van der Waals surface area contributed by atoms with Crippen molar-refractivity contribution in [2.75, 3.05) is 6.54 Å². The number of likely N-dealkylation sites (tertiary alicyclic amines) is 1. The molecule has 0 radical (unpaired) electrons. The molecule has 0 spiro atoms. The molecule has 4 amide bonds. The maximum absolute atomic E-state index is 13.5. The molecular formula is C21H33F3N4O4. The van der Waals surface area contributed by atoms with E-state index < -0.39 is 64.1 Å². The van der Waals surface area contributed by atoms with Crippen LogP contribution >= 0.6 is 0 Å². The zero-order valence-corrected chi connectivity index (χ0v) is 19.5. The number of primary amides is 2. The van der Waals surface area contributed by atoms with Crippen LogP contribution in [0.25, 0.3) is 0 Å². The maximum Gasteiger partial charge on any atom is 0.471 e. The predicted molar refractivity (Wildman–Crippen MR) is 109 cm³/mol. The standard InChI is InChI=1S/C21H33F3N4O4/c1-9(2)11(14(25)29)20-10(19(20,6)7)8-28(13(20)15(26)30)16(31)12(18(3,4)5)27-17(32)21(22,23)24/h9-13H,8H2,1-7H3,(H2,25,29)(H2,26,30)(H,27,32)/t10?,11-,12-,13?,20?/m1/s1. The number of nitrogens with zero attached hydrogens (tertiary/aromatic N) is 1. The van der Waals surface area contributed by atoms with Gasteiger partial charge in [0.05, 0.1) is 0 Å². The number of piperidine rings is 1. The molecule has 5 atom stereocenters. The number of nitrogens with one attached hydrogen (secondary N) is 1. The highest BCUT2D eigenvalue weighted by atomic mass is 19.4. The first kappa shape index (κ1) is 25.9. The van der Waals surface area contributed by atoms with Crippen LogP contribution in [0, 0.1) is 34.0 Å². The van der Waals surface area contributed by atoms with Gasteiger partial charge in [-0.3, -0.25) is 19.2 Å². The number of fused-ring (bicyclic) bond motifs is 1. The van der Waals surface area contributed by atoms with E-state index in [9.17, 15) is 32.3 Å². The number of hydrogen-bond acceptors (Lipinski definition) is 4. The fourth-order valence-electron chi connectivity index (χ4n) is 5.96. The lowest BCUT2D eigenvalue weighted by atomic mass is 9.70. The monoisotopic (exact) mass is 462 g/mol. The molecule has 1 saturated heterocycles. The van der Waals surface area contributed by atoms with Gasteiger partial charge in [0, 0.05) is 17.9 Å². The van der Waals surface area contributed by atoms with Crippen LogP contribution in [0.3, 0.4) is 0 Å². The normalized spacial score (nSPS) is 28.7. The lowest BCUT2D eigenvalue weighted by molar-refractivity contribution is -0.176. The van der Waals surface area contributed by atoms with Crippen LogP contribution in [0.4, 0.5) is 13.2 Å². The molecule has 11 heteroatoms. The summed E-state index contributed by atoms with van der Waals surface area (Å²) in [7, 11) is 0. The Morgan fingerprint density at radius 3 is 1.91 bits per heavy atom. The van der Waals surface area contributed by atoms with Gasteiger partial charge in [0.15, 0.2) is 0 Å². The molecule has 1 aliphatic carbocycles. The molecule has 2 aliphatic rings. The molecule has 1 aliphatic heterocycles. The van der Waals surface area contributed by atoms with E-state index in [-0.39, 0.29) is 18.4 Å². The van der Waals surface area contributed by atoms with E-state index in [0.717, 1.165) is 4.90 Å². The van der Waals surface area contributed by atoms with Gasteiger partial charge < -0.3 is 21.7 Å². The maximum atomic E-state index is 13.5. The molecule has 182 valence electrons. The summed E-state index contributed by atoms with van der Waals surface area (Å²) in [5.41, 5.74) is 8.72. The fraction of sp³-hybridized carbons (Fsp3) is 0.810. The molecule has 0 aromatic rings. The van der Waals surface area contributed by atoms with Crippen LogP contribution in [-0.4, -0.2) is 53.3 Å². The minimum atomic E-state index is -5.18. The highest BCUT2D eigenvalue weighted by molar-refractivity contribution is 5.95. The van der Waals surface area contributed by atoms with E-state index in [2.05, 4.69) is 0 Å². The van der Waals surface area contributed by atoms with Gasteiger partial charge in [-0.25, -0.2) is 0 Å². The van der Waals surface area contributed by atoms with Gasteiger partial charge in [-0.15, -0.1) is 0 Å². The van der Waals surface area contributed by atoms with Crippen molar-refractivity contribution in [1.82, 2.24) is 10.2 Å². The number of carbonyl (C=O) groups is 4. The molecule has 8 nitrogen and oxygen atoms in total. The smallest absolute Gasteiger partial charge is 0.369 e. The highest BCUT2D eigenvalue weighted by Gasteiger charge is 2.84. The van der Waals surface area contributed by atoms with Crippen molar-refractivity contribution in [3.63, 3.8) is 0 Å². The summed E-state index contributed by atoms with van der Waals surface area (Å²) in [6.07, 6.45) is -5.18. The lowest BCUT2D eigenvalue weighted by Gasteiger charge is -2.41. The fourth-order valence-corrected chi connectivity index (χ4v) is 5.96. The molecule has 5 N–H and O–H groups in total. The minimum Gasteiger partial charge on any atom is -0.369 e. The van der Waals surface area contributed by atoms with E-state index in [1.54, 1.807) is 19.2 Å². The minimum absolute atomic E-state index is 0.0183. The Bertz CT molecular complexity index is 834. The molecule has 0 aromatic carbocycles. The number of carbonyl (C=O) groups excluding carboxylic acids is 4. The number of hydrogen-bond donors (Lipinski definition) is 3. The number of rotatable bonds is 6. The first-order valence-corrected chi connectivity index (χ1v) is 10.5.